The Bertz CT molecular complexity index is 1140. The van der Waals surface area contributed by atoms with Gasteiger partial charge in [-0.05, 0) is 61.4 Å². The Kier molecular flexibility index (Phi) is 5.14. The number of aryl methyl sites for hydroxylation is 2. The number of carbonyl (C=O) groups is 2. The molecule has 0 aromatic heterocycles. The standard InChI is InChI=1S/C24H22N2O4/c1-15-8-10-22-19(12-15)26(3)24(28)18-13-17(9-11-21(18)30-22)25-23(27)14-29-20-7-5-4-6-16(20)2/h4-13H,14H2,1-3H3,(H,25,27). The summed E-state index contributed by atoms with van der Waals surface area (Å²) in [6, 6.07) is 18.2. The topological polar surface area (TPSA) is 67.9 Å². The van der Waals surface area contributed by atoms with E-state index in [2.05, 4.69) is 5.32 Å². The quantitative estimate of drug-likeness (QED) is 0.687. The van der Waals surface area contributed by atoms with Gasteiger partial charge < -0.3 is 19.7 Å². The van der Waals surface area contributed by atoms with Crippen LogP contribution in [0.5, 0.6) is 17.2 Å². The average molecular weight is 402 g/mol. The fourth-order valence-electron chi connectivity index (χ4n) is 3.31. The third-order valence-corrected chi connectivity index (χ3v) is 4.95. The summed E-state index contributed by atoms with van der Waals surface area (Å²) in [5.74, 6) is 1.20. The maximum Gasteiger partial charge on any atom is 0.262 e. The van der Waals surface area contributed by atoms with Crippen LogP contribution >= 0.6 is 0 Å². The van der Waals surface area contributed by atoms with Crippen molar-refractivity contribution in [2.75, 3.05) is 23.9 Å². The Labute approximate surface area is 175 Å². The summed E-state index contributed by atoms with van der Waals surface area (Å²) < 4.78 is 11.6. The second kappa shape index (κ2) is 7.91. The molecule has 0 bridgehead atoms. The largest absolute Gasteiger partial charge is 0.483 e. The molecule has 4 rings (SSSR count). The van der Waals surface area contributed by atoms with Crippen molar-refractivity contribution < 1.29 is 19.1 Å². The van der Waals surface area contributed by atoms with Gasteiger partial charge in [-0.25, -0.2) is 0 Å². The molecule has 0 radical (unpaired) electrons. The zero-order valence-electron chi connectivity index (χ0n) is 17.1. The molecule has 0 unspecified atom stereocenters. The molecule has 6 heteroatoms. The van der Waals surface area contributed by atoms with Gasteiger partial charge in [0.1, 0.15) is 11.5 Å². The van der Waals surface area contributed by atoms with Gasteiger partial charge in [-0.3, -0.25) is 9.59 Å². The molecule has 1 aliphatic heterocycles. The molecule has 1 heterocycles. The SMILES string of the molecule is Cc1ccc2c(c1)N(C)C(=O)c1cc(NC(=O)COc3ccccc3C)ccc1O2. The maximum atomic E-state index is 13.0. The number of hydrogen-bond donors (Lipinski definition) is 1. The van der Waals surface area contributed by atoms with Crippen molar-refractivity contribution in [3.05, 3.63) is 77.4 Å². The molecule has 30 heavy (non-hydrogen) atoms. The van der Waals surface area contributed by atoms with Gasteiger partial charge in [0.25, 0.3) is 11.8 Å². The van der Waals surface area contributed by atoms with E-state index in [1.807, 2.05) is 56.3 Å². The van der Waals surface area contributed by atoms with E-state index in [0.717, 1.165) is 11.1 Å². The van der Waals surface area contributed by atoms with Crippen LogP contribution in [0.2, 0.25) is 0 Å². The summed E-state index contributed by atoms with van der Waals surface area (Å²) in [6.45, 7) is 3.75. The Balaban J connectivity index is 1.52. The van der Waals surface area contributed by atoms with Crippen LogP contribution in [0, 0.1) is 13.8 Å². The van der Waals surface area contributed by atoms with Gasteiger partial charge >= 0.3 is 0 Å². The number of rotatable bonds is 4. The number of ether oxygens (including phenoxy) is 2. The molecule has 0 aliphatic carbocycles. The van der Waals surface area contributed by atoms with E-state index in [1.54, 1.807) is 30.1 Å². The van der Waals surface area contributed by atoms with Crippen molar-refractivity contribution in [1.82, 2.24) is 0 Å². The first-order valence-corrected chi connectivity index (χ1v) is 9.61. The molecular formula is C24H22N2O4. The molecule has 0 saturated heterocycles. The van der Waals surface area contributed by atoms with Gasteiger partial charge in [-0.2, -0.15) is 0 Å². The Morgan fingerprint density at radius 3 is 2.60 bits per heavy atom. The van der Waals surface area contributed by atoms with Crippen molar-refractivity contribution in [1.29, 1.82) is 0 Å². The van der Waals surface area contributed by atoms with Gasteiger partial charge in [0.05, 0.1) is 11.3 Å². The van der Waals surface area contributed by atoms with Gasteiger partial charge in [0, 0.05) is 12.7 Å². The van der Waals surface area contributed by atoms with Crippen LogP contribution in [0.25, 0.3) is 0 Å². The summed E-state index contributed by atoms with van der Waals surface area (Å²) in [7, 11) is 1.71. The van der Waals surface area contributed by atoms with E-state index in [1.165, 1.54) is 0 Å². The molecule has 0 spiro atoms. The first kappa shape index (κ1) is 19.5. The van der Waals surface area contributed by atoms with Crippen LogP contribution in [-0.4, -0.2) is 25.5 Å². The lowest BCUT2D eigenvalue weighted by atomic mass is 10.1. The first-order chi connectivity index (χ1) is 14.4. The molecule has 1 N–H and O–H groups in total. The second-order valence-electron chi connectivity index (χ2n) is 7.25. The molecule has 0 atom stereocenters. The van der Waals surface area contributed by atoms with Crippen LogP contribution < -0.4 is 19.7 Å². The molecule has 0 saturated carbocycles. The summed E-state index contributed by atoms with van der Waals surface area (Å²) in [5, 5.41) is 2.78. The van der Waals surface area contributed by atoms with Crippen LogP contribution in [-0.2, 0) is 4.79 Å². The van der Waals surface area contributed by atoms with Gasteiger partial charge in [0.2, 0.25) is 0 Å². The Morgan fingerprint density at radius 2 is 1.80 bits per heavy atom. The van der Waals surface area contributed by atoms with Gasteiger partial charge in [-0.15, -0.1) is 0 Å². The third kappa shape index (κ3) is 3.85. The van der Waals surface area contributed by atoms with Crippen LogP contribution in [0.4, 0.5) is 11.4 Å². The number of nitrogens with zero attached hydrogens (tertiary/aromatic N) is 1. The number of benzene rings is 3. The van der Waals surface area contributed by atoms with Crippen molar-refractivity contribution >= 4 is 23.2 Å². The van der Waals surface area contributed by atoms with Crippen molar-refractivity contribution in [2.24, 2.45) is 0 Å². The van der Waals surface area contributed by atoms with E-state index in [9.17, 15) is 9.59 Å². The molecule has 6 nitrogen and oxygen atoms in total. The number of fused-ring (bicyclic) bond motifs is 2. The summed E-state index contributed by atoms with van der Waals surface area (Å²) in [4.78, 5) is 26.9. The van der Waals surface area contributed by atoms with Gasteiger partial charge in [-0.1, -0.05) is 24.3 Å². The van der Waals surface area contributed by atoms with Crippen molar-refractivity contribution in [2.45, 2.75) is 13.8 Å². The highest BCUT2D eigenvalue weighted by Gasteiger charge is 2.26. The molecule has 3 aromatic carbocycles. The maximum absolute atomic E-state index is 13.0. The molecule has 0 fully saturated rings. The molecule has 1 aliphatic rings. The van der Waals surface area contributed by atoms with E-state index in [-0.39, 0.29) is 18.4 Å². The lowest BCUT2D eigenvalue weighted by Crippen LogP contribution is -2.25. The number of nitrogens with one attached hydrogen (secondary N) is 1. The van der Waals surface area contributed by atoms with Crippen molar-refractivity contribution in [3.8, 4) is 17.2 Å². The zero-order valence-corrected chi connectivity index (χ0v) is 17.1. The summed E-state index contributed by atoms with van der Waals surface area (Å²) in [5.41, 5.74) is 3.57. The molecule has 2 amide bonds. The normalized spacial score (nSPS) is 12.4. The Hall–Kier alpha value is -3.80. The zero-order chi connectivity index (χ0) is 21.3. The number of hydrogen-bond acceptors (Lipinski definition) is 4. The van der Waals surface area contributed by atoms with Crippen LogP contribution in [0.3, 0.4) is 0 Å². The fourth-order valence-corrected chi connectivity index (χ4v) is 3.31. The lowest BCUT2D eigenvalue weighted by molar-refractivity contribution is -0.118. The third-order valence-electron chi connectivity index (χ3n) is 4.95. The van der Waals surface area contributed by atoms with E-state index in [0.29, 0.717) is 34.2 Å². The molecule has 152 valence electrons. The minimum atomic E-state index is -0.313. The van der Waals surface area contributed by atoms with E-state index < -0.39 is 0 Å². The minimum Gasteiger partial charge on any atom is -0.483 e. The number of anilines is 2. The highest BCUT2D eigenvalue weighted by atomic mass is 16.5. The van der Waals surface area contributed by atoms with Crippen molar-refractivity contribution in [3.63, 3.8) is 0 Å². The Morgan fingerprint density at radius 1 is 1.03 bits per heavy atom. The predicted molar refractivity (Wildman–Crippen MR) is 116 cm³/mol. The molecule has 3 aromatic rings. The molecular weight excluding hydrogens is 380 g/mol. The van der Waals surface area contributed by atoms with Gasteiger partial charge in [0.15, 0.2) is 12.4 Å². The average Bonchev–Trinajstić information content (AvgIpc) is 2.83. The number of para-hydroxylation sites is 1. The van der Waals surface area contributed by atoms with E-state index in [4.69, 9.17) is 9.47 Å². The highest BCUT2D eigenvalue weighted by Crippen LogP contribution is 2.39. The number of carbonyl (C=O) groups excluding carboxylic acids is 2. The van der Waals surface area contributed by atoms with E-state index >= 15 is 0 Å². The minimum absolute atomic E-state index is 0.128. The predicted octanol–water partition coefficient (Wildman–Crippen LogP) is 4.70. The first-order valence-electron chi connectivity index (χ1n) is 9.61. The monoisotopic (exact) mass is 402 g/mol. The van der Waals surface area contributed by atoms with Crippen LogP contribution in [0.15, 0.2) is 60.7 Å². The summed E-state index contributed by atoms with van der Waals surface area (Å²) >= 11 is 0. The number of amides is 2. The highest BCUT2D eigenvalue weighted by molar-refractivity contribution is 6.10. The lowest BCUT2D eigenvalue weighted by Gasteiger charge is -2.16. The smallest absolute Gasteiger partial charge is 0.262 e. The summed E-state index contributed by atoms with van der Waals surface area (Å²) in [6.07, 6.45) is 0. The second-order valence-corrected chi connectivity index (χ2v) is 7.25. The fraction of sp³-hybridized carbons (Fsp3) is 0.167. The van der Waals surface area contributed by atoms with Crippen LogP contribution in [0.1, 0.15) is 21.5 Å².